The molecule has 1 aliphatic heterocycles. The number of thioether (sulfide) groups is 1. The van der Waals surface area contributed by atoms with Gasteiger partial charge in [0, 0.05) is 32.4 Å². The van der Waals surface area contributed by atoms with Gasteiger partial charge >= 0.3 is 0 Å². The van der Waals surface area contributed by atoms with E-state index < -0.39 is 0 Å². The van der Waals surface area contributed by atoms with Gasteiger partial charge in [-0.3, -0.25) is 4.79 Å². The Balaban J connectivity index is 1.92. The van der Waals surface area contributed by atoms with E-state index in [-0.39, 0.29) is 5.91 Å². The minimum atomic E-state index is 0.192. The van der Waals surface area contributed by atoms with Crippen LogP contribution in [0.5, 0.6) is 0 Å². The minimum Gasteiger partial charge on any atom is -0.372 e. The van der Waals surface area contributed by atoms with Crippen molar-refractivity contribution in [2.75, 3.05) is 37.0 Å². The highest BCUT2D eigenvalue weighted by Crippen LogP contribution is 2.20. The highest BCUT2D eigenvalue weighted by atomic mass is 32.2. The molecule has 1 saturated heterocycles. The monoisotopic (exact) mass is 292 g/mol. The van der Waals surface area contributed by atoms with E-state index in [9.17, 15) is 4.79 Å². The number of rotatable bonds is 5. The van der Waals surface area contributed by atoms with Crippen molar-refractivity contribution in [2.24, 2.45) is 0 Å². The van der Waals surface area contributed by atoms with E-state index in [1.807, 2.05) is 13.3 Å². The summed E-state index contributed by atoms with van der Waals surface area (Å²) < 4.78 is 0. The maximum Gasteiger partial charge on any atom is 0.232 e. The van der Waals surface area contributed by atoms with Gasteiger partial charge in [0.2, 0.25) is 5.91 Å². The normalized spacial score (nSPS) is 15.2. The van der Waals surface area contributed by atoms with Gasteiger partial charge in [0.05, 0.1) is 5.75 Å². The predicted molar refractivity (Wildman–Crippen MR) is 87.4 cm³/mol. The van der Waals surface area contributed by atoms with Crippen molar-refractivity contribution in [3.8, 4) is 0 Å². The van der Waals surface area contributed by atoms with Crippen LogP contribution in [-0.2, 0) is 11.3 Å². The topological polar surface area (TPSA) is 23.6 Å². The van der Waals surface area contributed by atoms with E-state index in [1.165, 1.54) is 43.6 Å². The SMILES string of the molecule is CSCC(=O)N(C)Cc1ccc(N2CCCCC2)cc1. The largest absolute Gasteiger partial charge is 0.372 e. The Kier molecular flexibility index (Phi) is 5.77. The summed E-state index contributed by atoms with van der Waals surface area (Å²) >= 11 is 1.57. The van der Waals surface area contributed by atoms with Gasteiger partial charge in [-0.25, -0.2) is 0 Å². The summed E-state index contributed by atoms with van der Waals surface area (Å²) in [5.74, 6) is 0.750. The zero-order valence-electron chi connectivity index (χ0n) is 12.5. The molecule has 110 valence electrons. The Morgan fingerprint density at radius 1 is 1.20 bits per heavy atom. The summed E-state index contributed by atoms with van der Waals surface area (Å²) in [4.78, 5) is 16.0. The smallest absolute Gasteiger partial charge is 0.232 e. The van der Waals surface area contributed by atoms with E-state index in [2.05, 4.69) is 29.2 Å². The van der Waals surface area contributed by atoms with Crippen LogP contribution in [0.1, 0.15) is 24.8 Å². The summed E-state index contributed by atoms with van der Waals surface area (Å²) in [5, 5.41) is 0. The molecule has 0 aromatic heterocycles. The Hall–Kier alpha value is -1.16. The Morgan fingerprint density at radius 2 is 1.85 bits per heavy atom. The fourth-order valence-electron chi connectivity index (χ4n) is 2.56. The zero-order chi connectivity index (χ0) is 14.4. The molecule has 4 heteroatoms. The van der Waals surface area contributed by atoms with Crippen molar-refractivity contribution < 1.29 is 4.79 Å². The van der Waals surface area contributed by atoms with Crippen molar-refractivity contribution in [2.45, 2.75) is 25.8 Å². The number of amides is 1. The number of benzene rings is 1. The molecule has 0 atom stereocenters. The van der Waals surface area contributed by atoms with Gasteiger partial charge in [0.25, 0.3) is 0 Å². The molecule has 3 nitrogen and oxygen atoms in total. The van der Waals surface area contributed by atoms with Crippen molar-refractivity contribution >= 4 is 23.4 Å². The van der Waals surface area contributed by atoms with Crippen LogP contribution in [0.4, 0.5) is 5.69 Å². The molecule has 0 N–H and O–H groups in total. The maximum absolute atomic E-state index is 11.8. The molecule has 1 heterocycles. The lowest BCUT2D eigenvalue weighted by molar-refractivity contribution is -0.127. The van der Waals surface area contributed by atoms with E-state index in [1.54, 1.807) is 16.7 Å². The zero-order valence-corrected chi connectivity index (χ0v) is 13.3. The predicted octanol–water partition coefficient (Wildman–Crippen LogP) is 3.00. The lowest BCUT2D eigenvalue weighted by Crippen LogP contribution is -2.29. The third-order valence-electron chi connectivity index (χ3n) is 3.77. The molecule has 20 heavy (non-hydrogen) atoms. The number of anilines is 1. The standard InChI is InChI=1S/C16H24N2OS/c1-17(16(19)13-20-2)12-14-6-8-15(9-7-14)18-10-4-3-5-11-18/h6-9H,3-5,10-13H2,1-2H3. The second-order valence-electron chi connectivity index (χ2n) is 5.40. The van der Waals surface area contributed by atoms with Gasteiger partial charge in [-0.15, -0.1) is 0 Å². The third-order valence-corrected chi connectivity index (χ3v) is 4.31. The molecule has 0 bridgehead atoms. The lowest BCUT2D eigenvalue weighted by Gasteiger charge is -2.29. The van der Waals surface area contributed by atoms with Crippen LogP contribution < -0.4 is 4.90 Å². The summed E-state index contributed by atoms with van der Waals surface area (Å²) in [7, 11) is 1.87. The number of hydrogen-bond acceptors (Lipinski definition) is 3. The average molecular weight is 292 g/mol. The lowest BCUT2D eigenvalue weighted by atomic mass is 10.1. The minimum absolute atomic E-state index is 0.192. The van der Waals surface area contributed by atoms with Crippen LogP contribution >= 0.6 is 11.8 Å². The van der Waals surface area contributed by atoms with Crippen LogP contribution in [0.3, 0.4) is 0 Å². The van der Waals surface area contributed by atoms with Crippen molar-refractivity contribution in [3.63, 3.8) is 0 Å². The van der Waals surface area contributed by atoms with E-state index in [0.29, 0.717) is 12.3 Å². The third kappa shape index (κ3) is 4.17. The average Bonchev–Trinajstić information content (AvgIpc) is 2.49. The van der Waals surface area contributed by atoms with Crippen LogP contribution in [-0.4, -0.2) is 43.0 Å². The van der Waals surface area contributed by atoms with Gasteiger partial charge in [0.15, 0.2) is 0 Å². The number of carbonyl (C=O) groups is 1. The number of nitrogens with zero attached hydrogens (tertiary/aromatic N) is 2. The van der Waals surface area contributed by atoms with E-state index >= 15 is 0 Å². The van der Waals surface area contributed by atoms with Crippen molar-refractivity contribution in [3.05, 3.63) is 29.8 Å². The maximum atomic E-state index is 11.8. The highest BCUT2D eigenvalue weighted by molar-refractivity contribution is 7.99. The first-order chi connectivity index (χ1) is 9.70. The molecule has 0 radical (unpaired) electrons. The molecular weight excluding hydrogens is 268 g/mol. The quantitative estimate of drug-likeness (QED) is 0.833. The molecule has 2 rings (SSSR count). The van der Waals surface area contributed by atoms with Crippen molar-refractivity contribution in [1.82, 2.24) is 4.90 Å². The number of piperidine rings is 1. The fourth-order valence-corrected chi connectivity index (χ4v) is 3.03. The highest BCUT2D eigenvalue weighted by Gasteiger charge is 2.11. The number of hydrogen-bond donors (Lipinski definition) is 0. The molecule has 0 aliphatic carbocycles. The Labute approximate surface area is 126 Å². The van der Waals surface area contributed by atoms with Crippen molar-refractivity contribution in [1.29, 1.82) is 0 Å². The summed E-state index contributed by atoms with van der Waals surface area (Å²) in [6, 6.07) is 8.67. The molecule has 0 spiro atoms. The molecule has 0 saturated carbocycles. The molecule has 1 fully saturated rings. The second kappa shape index (κ2) is 7.58. The van der Waals surface area contributed by atoms with E-state index in [0.717, 1.165) is 0 Å². The summed E-state index contributed by atoms with van der Waals surface area (Å²) in [6.45, 7) is 3.04. The first-order valence-electron chi connectivity index (χ1n) is 7.27. The first-order valence-corrected chi connectivity index (χ1v) is 8.67. The molecule has 1 aliphatic rings. The summed E-state index contributed by atoms with van der Waals surface area (Å²) in [5.41, 5.74) is 2.51. The van der Waals surface area contributed by atoms with Gasteiger partial charge in [-0.1, -0.05) is 12.1 Å². The van der Waals surface area contributed by atoms with Gasteiger partial charge in [-0.2, -0.15) is 11.8 Å². The Morgan fingerprint density at radius 3 is 2.45 bits per heavy atom. The fraction of sp³-hybridized carbons (Fsp3) is 0.562. The van der Waals surface area contributed by atoms with Crippen LogP contribution in [0.15, 0.2) is 24.3 Å². The molecule has 1 aromatic carbocycles. The first kappa shape index (κ1) is 15.2. The van der Waals surface area contributed by atoms with E-state index in [4.69, 9.17) is 0 Å². The molecule has 1 aromatic rings. The summed E-state index contributed by atoms with van der Waals surface area (Å²) in [6.07, 6.45) is 5.91. The second-order valence-corrected chi connectivity index (χ2v) is 6.26. The van der Waals surface area contributed by atoms with Crippen LogP contribution in [0.2, 0.25) is 0 Å². The molecule has 0 unspecified atom stereocenters. The molecular formula is C16H24N2OS. The van der Waals surface area contributed by atoms with Crippen LogP contribution in [0, 0.1) is 0 Å². The van der Waals surface area contributed by atoms with Gasteiger partial charge < -0.3 is 9.80 Å². The van der Waals surface area contributed by atoms with Gasteiger partial charge in [0.1, 0.15) is 0 Å². The number of carbonyl (C=O) groups excluding carboxylic acids is 1. The van der Waals surface area contributed by atoms with Gasteiger partial charge in [-0.05, 0) is 43.2 Å². The van der Waals surface area contributed by atoms with Crippen LogP contribution in [0.25, 0.3) is 0 Å². The Bertz CT molecular complexity index is 427. The molecule has 1 amide bonds.